The highest BCUT2D eigenvalue weighted by molar-refractivity contribution is 6.37. The Balaban J connectivity index is 1.96. The monoisotopic (exact) mass is 362 g/mol. The molecule has 0 fully saturated rings. The molecular formula is C19H16Cl2O3. The van der Waals surface area contributed by atoms with Gasteiger partial charge in [-0.3, -0.25) is 4.79 Å². The molecular weight excluding hydrogens is 347 g/mol. The molecule has 3 rings (SSSR count). The van der Waals surface area contributed by atoms with Gasteiger partial charge in [0.05, 0.1) is 16.7 Å². The summed E-state index contributed by atoms with van der Waals surface area (Å²) in [4.78, 5) is 12.8. The number of halogens is 2. The van der Waals surface area contributed by atoms with Gasteiger partial charge < -0.3 is 9.84 Å². The third-order valence-electron chi connectivity index (χ3n) is 3.94. The van der Waals surface area contributed by atoms with Crippen molar-refractivity contribution in [1.82, 2.24) is 0 Å². The van der Waals surface area contributed by atoms with Crippen molar-refractivity contribution in [2.45, 2.75) is 19.8 Å². The maximum atomic E-state index is 12.8. The van der Waals surface area contributed by atoms with E-state index in [1.54, 1.807) is 0 Å². The van der Waals surface area contributed by atoms with Crippen LogP contribution < -0.4 is 4.74 Å². The molecule has 0 unspecified atom stereocenters. The van der Waals surface area contributed by atoms with Crippen molar-refractivity contribution in [1.29, 1.82) is 0 Å². The van der Waals surface area contributed by atoms with E-state index in [0.29, 0.717) is 30.6 Å². The number of phenolic OH excluding ortho intramolecular Hbond substituents is 1. The number of carbonyl (C=O) groups excluding carboxylic acids is 1. The molecule has 0 aliphatic carbocycles. The Bertz CT molecular complexity index is 817. The van der Waals surface area contributed by atoms with Gasteiger partial charge in [0.25, 0.3) is 0 Å². The molecule has 0 aromatic heterocycles. The zero-order chi connectivity index (χ0) is 17.3. The van der Waals surface area contributed by atoms with Gasteiger partial charge >= 0.3 is 0 Å². The molecule has 1 N–H and O–H groups in total. The Kier molecular flexibility index (Phi) is 4.83. The van der Waals surface area contributed by atoms with Gasteiger partial charge in [0.1, 0.15) is 5.75 Å². The third kappa shape index (κ3) is 3.42. The number of hydrogen-bond donors (Lipinski definition) is 1. The molecule has 1 aliphatic rings. The summed E-state index contributed by atoms with van der Waals surface area (Å²) in [6.07, 6.45) is 3.01. The van der Waals surface area contributed by atoms with Gasteiger partial charge in [-0.2, -0.15) is 0 Å². The lowest BCUT2D eigenvalue weighted by atomic mass is 9.94. The van der Waals surface area contributed by atoms with Crippen LogP contribution >= 0.6 is 23.2 Å². The number of aromatic hydroxyl groups is 1. The molecule has 2 aromatic carbocycles. The molecule has 5 heteroatoms. The molecule has 0 bridgehead atoms. The average Bonchev–Trinajstić information content (AvgIpc) is 2.53. The lowest BCUT2D eigenvalue weighted by Crippen LogP contribution is -2.11. The van der Waals surface area contributed by atoms with Crippen molar-refractivity contribution >= 4 is 29.0 Å². The number of hydrogen-bond acceptors (Lipinski definition) is 3. The molecule has 1 heterocycles. The van der Waals surface area contributed by atoms with Crippen molar-refractivity contribution in [3.63, 3.8) is 0 Å². The minimum atomic E-state index is -0.212. The van der Waals surface area contributed by atoms with E-state index in [-0.39, 0.29) is 21.6 Å². The molecule has 0 amide bonds. The fourth-order valence-corrected chi connectivity index (χ4v) is 3.16. The first-order valence-electron chi connectivity index (χ1n) is 7.60. The van der Waals surface area contributed by atoms with Gasteiger partial charge in [0.2, 0.25) is 0 Å². The second-order valence-corrected chi connectivity index (χ2v) is 6.59. The minimum absolute atomic E-state index is 0.0663. The maximum Gasteiger partial charge on any atom is 0.189 e. The predicted octanol–water partition coefficient (Wildman–Crippen LogP) is 5.14. The average molecular weight is 363 g/mol. The van der Waals surface area contributed by atoms with Crippen molar-refractivity contribution < 1.29 is 14.6 Å². The van der Waals surface area contributed by atoms with E-state index in [0.717, 1.165) is 16.9 Å². The predicted molar refractivity (Wildman–Crippen MR) is 95.5 cm³/mol. The summed E-state index contributed by atoms with van der Waals surface area (Å²) in [6, 6.07) is 8.85. The number of carbonyl (C=O) groups is 1. The van der Waals surface area contributed by atoms with E-state index in [9.17, 15) is 9.90 Å². The van der Waals surface area contributed by atoms with E-state index >= 15 is 0 Å². The van der Waals surface area contributed by atoms with E-state index in [2.05, 4.69) is 0 Å². The van der Waals surface area contributed by atoms with Crippen LogP contribution in [0.4, 0.5) is 0 Å². The SMILES string of the molecule is Cc1ccc2c(c1)OCC/C=C(\C(=O)c1cc(Cl)c(O)c(Cl)c1)C2. The number of benzene rings is 2. The molecule has 2 aromatic rings. The molecule has 124 valence electrons. The number of ketones is 1. The standard InChI is InChI=1S/C19H16Cl2O3/c1-11-4-5-12-8-13(3-2-6-24-17(12)7-11)18(22)14-9-15(20)19(23)16(21)10-14/h3-5,7,9-10,23H,2,6,8H2,1H3/b13-3-. The third-order valence-corrected chi connectivity index (χ3v) is 4.52. The maximum absolute atomic E-state index is 12.8. The van der Waals surface area contributed by atoms with Gasteiger partial charge in [-0.15, -0.1) is 0 Å². The summed E-state index contributed by atoms with van der Waals surface area (Å²) >= 11 is 11.9. The van der Waals surface area contributed by atoms with E-state index in [4.69, 9.17) is 27.9 Å². The zero-order valence-corrected chi connectivity index (χ0v) is 14.6. The van der Waals surface area contributed by atoms with Crippen molar-refractivity contribution in [3.8, 4) is 11.5 Å². The lowest BCUT2D eigenvalue weighted by Gasteiger charge is -2.17. The van der Waals surface area contributed by atoms with E-state index < -0.39 is 0 Å². The minimum Gasteiger partial charge on any atom is -0.505 e. The zero-order valence-electron chi connectivity index (χ0n) is 13.1. The first kappa shape index (κ1) is 16.9. The smallest absolute Gasteiger partial charge is 0.189 e. The topological polar surface area (TPSA) is 46.5 Å². The molecule has 3 nitrogen and oxygen atoms in total. The number of rotatable bonds is 2. The number of fused-ring (bicyclic) bond motifs is 1. The highest BCUT2D eigenvalue weighted by Gasteiger charge is 2.19. The fourth-order valence-electron chi connectivity index (χ4n) is 2.68. The Morgan fingerprint density at radius 2 is 1.88 bits per heavy atom. The Hall–Kier alpha value is -1.97. The molecule has 0 spiro atoms. The summed E-state index contributed by atoms with van der Waals surface area (Å²) in [6.45, 7) is 2.52. The summed E-state index contributed by atoms with van der Waals surface area (Å²) in [5.41, 5.74) is 3.12. The van der Waals surface area contributed by atoms with Crippen LogP contribution in [-0.2, 0) is 6.42 Å². The Morgan fingerprint density at radius 3 is 2.58 bits per heavy atom. The lowest BCUT2D eigenvalue weighted by molar-refractivity contribution is 0.103. The summed E-state index contributed by atoms with van der Waals surface area (Å²) in [5, 5.41) is 9.79. The molecule has 0 saturated carbocycles. The largest absolute Gasteiger partial charge is 0.505 e. The van der Waals surface area contributed by atoms with Gasteiger partial charge in [-0.25, -0.2) is 0 Å². The van der Waals surface area contributed by atoms with Crippen LogP contribution in [0.1, 0.15) is 27.9 Å². The van der Waals surface area contributed by atoms with Crippen LogP contribution in [0.15, 0.2) is 42.0 Å². The second-order valence-electron chi connectivity index (χ2n) is 5.77. The van der Waals surface area contributed by atoms with Crippen molar-refractivity contribution in [2.75, 3.05) is 6.61 Å². The van der Waals surface area contributed by atoms with Crippen molar-refractivity contribution in [2.24, 2.45) is 0 Å². The number of aryl methyl sites for hydroxylation is 1. The molecule has 0 radical (unpaired) electrons. The van der Waals surface area contributed by atoms with Crippen LogP contribution in [0.5, 0.6) is 11.5 Å². The highest BCUT2D eigenvalue weighted by atomic mass is 35.5. The summed E-state index contributed by atoms with van der Waals surface area (Å²) < 4.78 is 5.77. The van der Waals surface area contributed by atoms with Gasteiger partial charge in [-0.1, -0.05) is 41.4 Å². The number of phenols is 1. The van der Waals surface area contributed by atoms with Crippen LogP contribution in [0, 0.1) is 6.92 Å². The normalized spacial score (nSPS) is 16.2. The first-order valence-corrected chi connectivity index (χ1v) is 8.35. The van der Waals surface area contributed by atoms with Crippen LogP contribution in [0.3, 0.4) is 0 Å². The van der Waals surface area contributed by atoms with Crippen LogP contribution in [-0.4, -0.2) is 17.5 Å². The summed E-state index contributed by atoms with van der Waals surface area (Å²) in [7, 11) is 0. The Labute approximate surface area is 150 Å². The quantitative estimate of drug-likeness (QED) is 0.752. The first-order chi connectivity index (χ1) is 11.5. The van der Waals surface area contributed by atoms with Gasteiger partial charge in [0, 0.05) is 24.0 Å². The second kappa shape index (κ2) is 6.88. The summed E-state index contributed by atoms with van der Waals surface area (Å²) in [5.74, 6) is 0.457. The fraction of sp³-hybridized carbons (Fsp3) is 0.211. The van der Waals surface area contributed by atoms with Crippen molar-refractivity contribution in [3.05, 3.63) is 68.7 Å². The molecule has 1 aliphatic heterocycles. The number of Topliss-reactive ketones (excluding diaryl/α,β-unsaturated/α-hetero) is 1. The van der Waals surface area contributed by atoms with Gasteiger partial charge in [0.15, 0.2) is 11.5 Å². The number of ether oxygens (including phenoxy) is 1. The van der Waals surface area contributed by atoms with Crippen LogP contribution in [0.2, 0.25) is 10.0 Å². The molecule has 0 atom stereocenters. The van der Waals surface area contributed by atoms with Gasteiger partial charge in [-0.05, 0) is 36.2 Å². The molecule has 0 saturated heterocycles. The van der Waals surface area contributed by atoms with E-state index in [1.165, 1.54) is 12.1 Å². The number of allylic oxidation sites excluding steroid dienone is 1. The van der Waals surface area contributed by atoms with Crippen LogP contribution in [0.25, 0.3) is 0 Å². The Morgan fingerprint density at radius 1 is 1.17 bits per heavy atom. The molecule has 24 heavy (non-hydrogen) atoms. The van der Waals surface area contributed by atoms with E-state index in [1.807, 2.05) is 31.2 Å². The highest BCUT2D eigenvalue weighted by Crippen LogP contribution is 2.34.